The summed E-state index contributed by atoms with van der Waals surface area (Å²) in [6.07, 6.45) is 8.28. The van der Waals surface area contributed by atoms with Gasteiger partial charge in [0.15, 0.2) is 0 Å². The van der Waals surface area contributed by atoms with E-state index in [0.717, 1.165) is 18.6 Å². The second-order valence-corrected chi connectivity index (χ2v) is 10.5. The molecule has 2 saturated heterocycles. The fraction of sp³-hybridized carbons (Fsp3) is 1.00. The summed E-state index contributed by atoms with van der Waals surface area (Å²) in [5, 5.41) is 0. The van der Waals surface area contributed by atoms with Crippen LogP contribution < -0.4 is 0 Å². The van der Waals surface area contributed by atoms with E-state index in [2.05, 4.69) is 4.90 Å². The zero-order chi connectivity index (χ0) is 15.8. The molecule has 0 bridgehead atoms. The highest BCUT2D eigenvalue weighted by Crippen LogP contribution is 2.61. The van der Waals surface area contributed by atoms with Crippen molar-refractivity contribution in [2.24, 2.45) is 5.92 Å². The number of hydrogen-bond acceptors (Lipinski definition) is 5. The van der Waals surface area contributed by atoms with Crippen molar-refractivity contribution >= 4 is 18.2 Å². The third-order valence-corrected chi connectivity index (χ3v) is 8.50. The van der Waals surface area contributed by atoms with E-state index in [1.54, 1.807) is 0 Å². The predicted molar refractivity (Wildman–Crippen MR) is 94.5 cm³/mol. The number of nitrogens with zero attached hydrogens (tertiary/aromatic N) is 1. The zero-order valence-corrected chi connectivity index (χ0v) is 15.9. The fourth-order valence-corrected chi connectivity index (χ4v) is 7.29. The molecule has 2 rings (SSSR count). The van der Waals surface area contributed by atoms with E-state index in [9.17, 15) is 4.57 Å². The monoisotopic (exact) mass is 349 g/mol. The molecule has 0 aromatic carbocycles. The van der Waals surface area contributed by atoms with E-state index < -0.39 is 6.80 Å². The molecule has 6 heteroatoms. The Labute approximate surface area is 140 Å². The van der Waals surface area contributed by atoms with Gasteiger partial charge in [0, 0.05) is 11.8 Å². The van der Waals surface area contributed by atoms with E-state index in [4.69, 9.17) is 9.05 Å². The highest BCUT2D eigenvalue weighted by atomic mass is 32.7. The van der Waals surface area contributed by atoms with Crippen LogP contribution in [-0.2, 0) is 13.6 Å². The molecule has 2 heterocycles. The first-order chi connectivity index (χ1) is 10.7. The lowest BCUT2D eigenvalue weighted by atomic mass is 9.85. The van der Waals surface area contributed by atoms with Gasteiger partial charge in [0.2, 0.25) is 0 Å². The largest absolute Gasteiger partial charge is 0.389 e. The van der Waals surface area contributed by atoms with Crippen LogP contribution in [0.25, 0.3) is 0 Å². The van der Waals surface area contributed by atoms with Gasteiger partial charge in [0.25, 0.3) is 0 Å². The lowest BCUT2D eigenvalue weighted by Crippen LogP contribution is -2.48. The van der Waals surface area contributed by atoms with Gasteiger partial charge >= 0.3 is 6.80 Å². The zero-order valence-electron chi connectivity index (χ0n) is 14.2. The topological polar surface area (TPSA) is 38.8 Å². The van der Waals surface area contributed by atoms with Crippen molar-refractivity contribution < 1.29 is 13.6 Å². The first kappa shape index (κ1) is 18.8. The average molecular weight is 349 g/mol. The summed E-state index contributed by atoms with van der Waals surface area (Å²) >= 11 is 1.45. The molecule has 0 unspecified atom stereocenters. The smallest absolute Gasteiger partial charge is 0.301 e. The molecule has 0 spiro atoms. The summed E-state index contributed by atoms with van der Waals surface area (Å²) in [4.78, 5) is 2.66. The Kier molecular flexibility index (Phi) is 8.27. The summed E-state index contributed by atoms with van der Waals surface area (Å²) in [7, 11) is 0. The second-order valence-electron chi connectivity index (χ2n) is 6.41. The maximum atomic E-state index is 12.8. The number of piperidine rings is 2. The van der Waals surface area contributed by atoms with Crippen LogP contribution in [0.1, 0.15) is 58.8 Å². The van der Waals surface area contributed by atoms with Crippen molar-refractivity contribution in [3.05, 3.63) is 0 Å². The molecular weight excluding hydrogens is 317 g/mol. The van der Waals surface area contributed by atoms with E-state index in [-0.39, 0.29) is 0 Å². The lowest BCUT2D eigenvalue weighted by Gasteiger charge is -2.44. The minimum atomic E-state index is -2.97. The van der Waals surface area contributed by atoms with Crippen molar-refractivity contribution in [1.82, 2.24) is 4.90 Å². The van der Waals surface area contributed by atoms with Crippen LogP contribution in [0.5, 0.6) is 0 Å². The molecule has 0 radical (unpaired) electrons. The second kappa shape index (κ2) is 9.68. The number of fused-ring (bicyclic) bond motifs is 1. The van der Waals surface area contributed by atoms with E-state index in [1.807, 2.05) is 13.8 Å². The van der Waals surface area contributed by atoms with Crippen molar-refractivity contribution in [3.63, 3.8) is 0 Å². The Morgan fingerprint density at radius 3 is 2.41 bits per heavy atom. The molecule has 0 N–H and O–H groups in total. The Morgan fingerprint density at radius 1 is 1.05 bits per heavy atom. The quantitative estimate of drug-likeness (QED) is 0.551. The molecule has 0 aromatic rings. The molecule has 130 valence electrons. The third-order valence-electron chi connectivity index (χ3n) is 4.58. The molecule has 2 aliphatic heterocycles. The van der Waals surface area contributed by atoms with E-state index >= 15 is 0 Å². The standard InChI is InChI=1S/C16H32NO3PS/c1-3-12-19-21(18,20-13-4-2)22-14-15-8-7-11-17-10-6-5-9-16(15)17/h15-16H,3-14H2,1-2H3/t15-,16-/m1/s1. The Hall–Kier alpha value is 0.460. The summed E-state index contributed by atoms with van der Waals surface area (Å²) in [5.41, 5.74) is 0. The molecule has 0 amide bonds. The maximum Gasteiger partial charge on any atom is 0.389 e. The summed E-state index contributed by atoms with van der Waals surface area (Å²) in [5.74, 6) is 1.55. The first-order valence-corrected chi connectivity index (χ1v) is 12.1. The first-order valence-electron chi connectivity index (χ1n) is 8.96. The van der Waals surface area contributed by atoms with Crippen LogP contribution >= 0.6 is 18.2 Å². The van der Waals surface area contributed by atoms with Crippen molar-refractivity contribution in [2.45, 2.75) is 64.8 Å². The van der Waals surface area contributed by atoms with Gasteiger partial charge < -0.3 is 13.9 Å². The van der Waals surface area contributed by atoms with Crippen LogP contribution in [0.2, 0.25) is 0 Å². The molecular formula is C16H32NO3PS. The molecule has 22 heavy (non-hydrogen) atoms. The maximum absolute atomic E-state index is 12.8. The van der Waals surface area contributed by atoms with Crippen molar-refractivity contribution in [3.8, 4) is 0 Å². The third kappa shape index (κ3) is 5.52. The Morgan fingerprint density at radius 2 is 1.73 bits per heavy atom. The van der Waals surface area contributed by atoms with Crippen LogP contribution in [0.3, 0.4) is 0 Å². The summed E-state index contributed by atoms with van der Waals surface area (Å²) in [6.45, 7) is 4.66. The van der Waals surface area contributed by atoms with Crippen molar-refractivity contribution in [2.75, 3.05) is 32.1 Å². The number of rotatable bonds is 9. The predicted octanol–water partition coefficient (Wildman–Crippen LogP) is 4.95. The van der Waals surface area contributed by atoms with Gasteiger partial charge in [0.1, 0.15) is 0 Å². The van der Waals surface area contributed by atoms with Gasteiger partial charge in [-0.2, -0.15) is 0 Å². The number of hydrogen-bond donors (Lipinski definition) is 0. The van der Waals surface area contributed by atoms with Gasteiger partial charge in [-0.3, -0.25) is 0 Å². The highest BCUT2D eigenvalue weighted by molar-refractivity contribution is 8.55. The Balaban J connectivity index is 1.88. The van der Waals surface area contributed by atoms with Gasteiger partial charge in [-0.1, -0.05) is 20.3 Å². The van der Waals surface area contributed by atoms with Crippen LogP contribution in [0, 0.1) is 5.92 Å². The fourth-order valence-electron chi connectivity index (χ4n) is 3.48. The molecule has 2 fully saturated rings. The SMILES string of the molecule is CCCOP(=O)(OCCC)SC[C@H]1CCCN2CCCC[C@H]12. The van der Waals surface area contributed by atoms with Gasteiger partial charge in [0.05, 0.1) is 13.2 Å². The molecule has 4 nitrogen and oxygen atoms in total. The van der Waals surface area contributed by atoms with E-state index in [0.29, 0.717) is 25.2 Å². The Bertz CT molecular complexity index is 355. The minimum Gasteiger partial charge on any atom is -0.301 e. The van der Waals surface area contributed by atoms with Crippen LogP contribution in [-0.4, -0.2) is 43.0 Å². The van der Waals surface area contributed by atoms with Gasteiger partial charge in [-0.15, -0.1) is 0 Å². The van der Waals surface area contributed by atoms with E-state index in [1.165, 1.54) is 56.6 Å². The molecule has 2 atom stereocenters. The normalized spacial score (nSPS) is 26.8. The highest BCUT2D eigenvalue weighted by Gasteiger charge is 2.35. The summed E-state index contributed by atoms with van der Waals surface area (Å²) in [6, 6.07) is 0.695. The van der Waals surface area contributed by atoms with Crippen LogP contribution in [0.15, 0.2) is 0 Å². The van der Waals surface area contributed by atoms with Crippen molar-refractivity contribution in [1.29, 1.82) is 0 Å². The summed E-state index contributed by atoms with van der Waals surface area (Å²) < 4.78 is 24.0. The van der Waals surface area contributed by atoms with Gasteiger partial charge in [-0.05, 0) is 68.9 Å². The molecule has 0 aromatic heterocycles. The van der Waals surface area contributed by atoms with Crippen LogP contribution in [0.4, 0.5) is 0 Å². The van der Waals surface area contributed by atoms with Gasteiger partial charge in [-0.25, -0.2) is 4.57 Å². The average Bonchev–Trinajstić information content (AvgIpc) is 2.56. The minimum absolute atomic E-state index is 0.522. The molecule has 0 saturated carbocycles. The molecule has 2 aliphatic rings. The lowest BCUT2D eigenvalue weighted by molar-refractivity contribution is 0.0693. The molecule has 0 aliphatic carbocycles.